The molecule has 1 aliphatic heterocycles. The second-order valence-corrected chi connectivity index (χ2v) is 8.23. The predicted octanol–water partition coefficient (Wildman–Crippen LogP) is 2.78. The summed E-state index contributed by atoms with van der Waals surface area (Å²) in [6.45, 7) is 11.8. The highest BCUT2D eigenvalue weighted by atomic mass is 32.1. The molecule has 0 amide bonds. The number of aromatic nitrogens is 3. The largest absolute Gasteiger partial charge is 0.492 e. The third kappa shape index (κ3) is 4.27. The van der Waals surface area contributed by atoms with Crippen molar-refractivity contribution in [3.8, 4) is 11.4 Å². The van der Waals surface area contributed by atoms with Gasteiger partial charge in [0, 0.05) is 0 Å². The van der Waals surface area contributed by atoms with Gasteiger partial charge in [0.1, 0.15) is 12.1 Å². The summed E-state index contributed by atoms with van der Waals surface area (Å²) in [5.74, 6) is 0.970. The Morgan fingerprint density at radius 2 is 1.83 bits per heavy atom. The number of piperazine rings is 1. The second kappa shape index (κ2) is 9.02. The molecule has 4 rings (SSSR count). The molecule has 1 fully saturated rings. The summed E-state index contributed by atoms with van der Waals surface area (Å²) >= 11 is 5.75. The molecule has 2 heterocycles. The molecule has 7 heteroatoms. The number of nitrogens with zero attached hydrogens (tertiary/aromatic N) is 4. The summed E-state index contributed by atoms with van der Waals surface area (Å²) in [4.78, 5) is 3.91. The highest BCUT2D eigenvalue weighted by Crippen LogP contribution is 2.27. The van der Waals surface area contributed by atoms with Crippen LogP contribution >= 0.6 is 12.2 Å². The molecule has 6 nitrogen and oxygen atoms in total. The van der Waals surface area contributed by atoms with Crippen LogP contribution in [0.4, 0.5) is 5.69 Å². The van der Waals surface area contributed by atoms with Gasteiger partial charge in [-0.05, 0) is 62.3 Å². The Hall–Kier alpha value is -2.64. The molecule has 0 saturated carbocycles. The fourth-order valence-corrected chi connectivity index (χ4v) is 4.28. The normalized spacial score (nSPS) is 14.8. The average molecular weight is 425 g/mol. The number of aryl methyl sites for hydroxylation is 2. The first-order valence-electron chi connectivity index (χ1n) is 10.6. The number of nitrogens with one attached hydrogen (secondary N) is 1. The molecule has 0 aliphatic carbocycles. The molecule has 3 aromatic rings. The number of quaternary nitrogens is 1. The van der Waals surface area contributed by atoms with Crippen LogP contribution in [-0.2, 0) is 6.67 Å². The van der Waals surface area contributed by atoms with Gasteiger partial charge in [0.15, 0.2) is 6.67 Å². The van der Waals surface area contributed by atoms with Crippen molar-refractivity contribution in [3.63, 3.8) is 0 Å². The van der Waals surface area contributed by atoms with Gasteiger partial charge in [-0.25, -0.2) is 0 Å². The van der Waals surface area contributed by atoms with Crippen molar-refractivity contribution in [1.82, 2.24) is 14.3 Å². The maximum atomic E-state index is 5.81. The minimum Gasteiger partial charge on any atom is -0.492 e. The summed E-state index contributed by atoms with van der Waals surface area (Å²) in [6.07, 6.45) is 1.85. The summed E-state index contributed by atoms with van der Waals surface area (Å²) in [7, 11) is 0. The SMILES string of the molecule is CCOc1ccccc1N1CC[NH+](Cn2ncn(-c3cc(C)ccc3C)c2=S)CC1. The first-order chi connectivity index (χ1) is 14.6. The van der Waals surface area contributed by atoms with Crippen molar-refractivity contribution in [2.45, 2.75) is 27.4 Å². The van der Waals surface area contributed by atoms with E-state index in [0.717, 1.165) is 49.1 Å². The van der Waals surface area contributed by atoms with E-state index in [1.807, 2.05) is 28.6 Å². The maximum absolute atomic E-state index is 5.81. The van der Waals surface area contributed by atoms with Gasteiger partial charge in [0.25, 0.3) is 0 Å². The Labute approximate surface area is 183 Å². The second-order valence-electron chi connectivity index (χ2n) is 7.87. The number of benzene rings is 2. The van der Waals surface area contributed by atoms with E-state index in [4.69, 9.17) is 17.0 Å². The van der Waals surface area contributed by atoms with E-state index >= 15 is 0 Å². The Balaban J connectivity index is 1.44. The van der Waals surface area contributed by atoms with Crippen molar-refractivity contribution >= 4 is 17.9 Å². The lowest BCUT2D eigenvalue weighted by atomic mass is 10.1. The van der Waals surface area contributed by atoms with Gasteiger partial charge in [-0.15, -0.1) is 0 Å². The van der Waals surface area contributed by atoms with Gasteiger partial charge in [-0.1, -0.05) is 24.3 Å². The van der Waals surface area contributed by atoms with Crippen molar-refractivity contribution in [2.75, 3.05) is 37.7 Å². The Kier molecular flexibility index (Phi) is 6.20. The lowest BCUT2D eigenvalue weighted by Gasteiger charge is -2.34. The first-order valence-corrected chi connectivity index (χ1v) is 11.0. The number of ether oxygens (including phenoxy) is 1. The minimum atomic E-state index is 0.684. The van der Waals surface area contributed by atoms with E-state index in [9.17, 15) is 0 Å². The summed E-state index contributed by atoms with van der Waals surface area (Å²) in [5, 5.41) is 4.59. The molecule has 0 spiro atoms. The Bertz CT molecular complexity index is 1070. The summed E-state index contributed by atoms with van der Waals surface area (Å²) in [6, 6.07) is 14.7. The zero-order valence-electron chi connectivity index (χ0n) is 18.0. The van der Waals surface area contributed by atoms with Crippen LogP contribution in [0.2, 0.25) is 0 Å². The van der Waals surface area contributed by atoms with Crippen LogP contribution in [0.25, 0.3) is 5.69 Å². The number of hydrogen-bond donors (Lipinski definition) is 1. The van der Waals surface area contributed by atoms with Crippen molar-refractivity contribution in [1.29, 1.82) is 0 Å². The molecular formula is C23H30N5OS+. The number of anilines is 1. The van der Waals surface area contributed by atoms with Gasteiger partial charge < -0.3 is 14.5 Å². The zero-order valence-corrected chi connectivity index (χ0v) is 18.8. The fraction of sp³-hybridized carbons (Fsp3) is 0.391. The topological polar surface area (TPSA) is 39.7 Å². The summed E-state index contributed by atoms with van der Waals surface area (Å²) in [5.41, 5.74) is 4.72. The number of hydrogen-bond acceptors (Lipinski definition) is 4. The molecule has 30 heavy (non-hydrogen) atoms. The van der Waals surface area contributed by atoms with Crippen LogP contribution in [0.1, 0.15) is 18.1 Å². The molecule has 0 bridgehead atoms. The average Bonchev–Trinajstić information content (AvgIpc) is 3.11. The van der Waals surface area contributed by atoms with E-state index in [0.29, 0.717) is 6.61 Å². The smallest absolute Gasteiger partial charge is 0.207 e. The lowest BCUT2D eigenvalue weighted by Crippen LogP contribution is -3.14. The van der Waals surface area contributed by atoms with E-state index < -0.39 is 0 Å². The molecule has 0 radical (unpaired) electrons. The monoisotopic (exact) mass is 424 g/mol. The molecule has 1 aliphatic rings. The van der Waals surface area contributed by atoms with Gasteiger partial charge in [0.2, 0.25) is 4.77 Å². The molecule has 158 valence electrons. The maximum Gasteiger partial charge on any atom is 0.207 e. The molecular weight excluding hydrogens is 394 g/mol. The Morgan fingerprint density at radius 1 is 1.07 bits per heavy atom. The number of rotatable bonds is 6. The third-order valence-corrected chi connectivity index (χ3v) is 6.11. The predicted molar refractivity (Wildman–Crippen MR) is 122 cm³/mol. The first kappa shape index (κ1) is 20.6. The Morgan fingerprint density at radius 3 is 2.60 bits per heavy atom. The van der Waals surface area contributed by atoms with Crippen molar-refractivity contribution in [2.24, 2.45) is 0 Å². The summed E-state index contributed by atoms with van der Waals surface area (Å²) < 4.78 is 10.5. The van der Waals surface area contributed by atoms with Gasteiger partial charge in [0.05, 0.1) is 44.2 Å². The van der Waals surface area contributed by atoms with Crippen molar-refractivity contribution in [3.05, 3.63) is 64.7 Å². The standard InChI is InChI=1S/C23H29N5OS/c1-4-29-22-8-6-5-7-20(22)26-13-11-25(12-14-26)17-28-23(30)27(16-24-28)21-15-18(2)9-10-19(21)3/h5-10,15-16H,4,11-14,17H2,1-3H3/p+1. The molecule has 1 saturated heterocycles. The fourth-order valence-electron chi connectivity index (χ4n) is 4.02. The van der Waals surface area contributed by atoms with Crippen molar-refractivity contribution < 1.29 is 9.64 Å². The van der Waals surface area contributed by atoms with E-state index in [2.05, 4.69) is 60.2 Å². The quantitative estimate of drug-likeness (QED) is 0.618. The van der Waals surface area contributed by atoms with Crippen LogP contribution in [0, 0.1) is 18.6 Å². The van der Waals surface area contributed by atoms with Crippen LogP contribution in [-0.4, -0.2) is 47.1 Å². The van der Waals surface area contributed by atoms with E-state index in [-0.39, 0.29) is 0 Å². The molecule has 0 atom stereocenters. The van der Waals surface area contributed by atoms with E-state index in [1.54, 1.807) is 0 Å². The van der Waals surface area contributed by atoms with Gasteiger partial charge >= 0.3 is 0 Å². The van der Waals surface area contributed by atoms with Crippen LogP contribution in [0.15, 0.2) is 48.8 Å². The van der Waals surface area contributed by atoms with Crippen LogP contribution in [0.3, 0.4) is 0 Å². The van der Waals surface area contributed by atoms with Gasteiger partial charge in [-0.2, -0.15) is 9.78 Å². The number of para-hydroxylation sites is 2. The molecule has 1 aromatic heterocycles. The van der Waals surface area contributed by atoms with Crippen LogP contribution < -0.4 is 14.5 Å². The molecule has 1 N–H and O–H groups in total. The third-order valence-electron chi connectivity index (χ3n) is 5.71. The highest BCUT2D eigenvalue weighted by molar-refractivity contribution is 7.71. The molecule has 2 aromatic carbocycles. The lowest BCUT2D eigenvalue weighted by molar-refractivity contribution is -0.924. The van der Waals surface area contributed by atoms with E-state index in [1.165, 1.54) is 21.7 Å². The zero-order chi connectivity index (χ0) is 21.1. The minimum absolute atomic E-state index is 0.684. The molecule has 0 unspecified atom stereocenters. The van der Waals surface area contributed by atoms with Crippen LogP contribution in [0.5, 0.6) is 5.75 Å². The highest BCUT2D eigenvalue weighted by Gasteiger charge is 2.23. The van der Waals surface area contributed by atoms with Gasteiger partial charge in [-0.3, -0.25) is 4.57 Å².